The van der Waals surface area contributed by atoms with Crippen molar-refractivity contribution >= 4 is 0 Å². The van der Waals surface area contributed by atoms with Crippen molar-refractivity contribution in [3.63, 3.8) is 0 Å². The standard InChI is InChI=1S/C27H38/c1-3-7-23-14-18-26(19-15-23)27-20-16-25(17-21-27)9-6-5-8-24-12-10-22(4-2)11-13-24/h6,9-13,23,25-27H,3-4,7,14-21H2,1-2H3/t23-,25-,26-,27-. The second-order valence-electron chi connectivity index (χ2n) is 8.92. The van der Waals surface area contributed by atoms with Crippen LogP contribution in [0.2, 0.25) is 0 Å². The van der Waals surface area contributed by atoms with Crippen LogP contribution in [-0.4, -0.2) is 0 Å². The van der Waals surface area contributed by atoms with Gasteiger partial charge in [0.1, 0.15) is 0 Å². The summed E-state index contributed by atoms with van der Waals surface area (Å²) in [6.45, 7) is 4.53. The van der Waals surface area contributed by atoms with E-state index in [1.165, 1.54) is 69.8 Å². The zero-order chi connectivity index (χ0) is 18.9. The summed E-state index contributed by atoms with van der Waals surface area (Å²) in [7, 11) is 0. The Balaban J connectivity index is 1.39. The van der Waals surface area contributed by atoms with Gasteiger partial charge < -0.3 is 0 Å². The van der Waals surface area contributed by atoms with E-state index >= 15 is 0 Å². The summed E-state index contributed by atoms with van der Waals surface area (Å²) in [6, 6.07) is 8.65. The molecule has 0 nitrogen and oxygen atoms in total. The highest BCUT2D eigenvalue weighted by Gasteiger charge is 2.29. The van der Waals surface area contributed by atoms with Gasteiger partial charge in [0, 0.05) is 5.56 Å². The maximum Gasteiger partial charge on any atom is 0.0249 e. The molecule has 0 spiro atoms. The monoisotopic (exact) mass is 362 g/mol. The van der Waals surface area contributed by atoms with Crippen LogP contribution in [0.3, 0.4) is 0 Å². The zero-order valence-corrected chi connectivity index (χ0v) is 17.6. The molecular formula is C27H38. The lowest BCUT2D eigenvalue weighted by Gasteiger charge is -2.37. The molecule has 0 amide bonds. The van der Waals surface area contributed by atoms with Crippen molar-refractivity contribution in [3.05, 3.63) is 47.5 Å². The predicted octanol–water partition coefficient (Wildman–Crippen LogP) is 7.57. The van der Waals surface area contributed by atoms with E-state index in [1.54, 1.807) is 0 Å². The quantitative estimate of drug-likeness (QED) is 0.474. The molecule has 2 aliphatic rings. The van der Waals surface area contributed by atoms with Gasteiger partial charge in [-0.1, -0.05) is 69.6 Å². The molecule has 0 heterocycles. The fourth-order valence-corrected chi connectivity index (χ4v) is 5.30. The third-order valence-corrected chi connectivity index (χ3v) is 7.10. The summed E-state index contributed by atoms with van der Waals surface area (Å²) in [5.41, 5.74) is 2.51. The van der Waals surface area contributed by atoms with Gasteiger partial charge in [0.25, 0.3) is 0 Å². The van der Waals surface area contributed by atoms with E-state index in [0.717, 1.165) is 35.7 Å². The van der Waals surface area contributed by atoms with Crippen molar-refractivity contribution in [1.29, 1.82) is 0 Å². The Morgan fingerprint density at radius 2 is 1.48 bits per heavy atom. The highest BCUT2D eigenvalue weighted by molar-refractivity contribution is 5.38. The van der Waals surface area contributed by atoms with Crippen LogP contribution in [-0.2, 0) is 6.42 Å². The number of hydrogen-bond donors (Lipinski definition) is 0. The first kappa shape index (κ1) is 20.3. The Kier molecular flexibility index (Phi) is 8.07. The molecule has 3 rings (SSSR count). The van der Waals surface area contributed by atoms with Gasteiger partial charge in [-0.2, -0.15) is 0 Å². The van der Waals surface area contributed by atoms with E-state index < -0.39 is 0 Å². The molecule has 0 N–H and O–H groups in total. The number of benzene rings is 1. The van der Waals surface area contributed by atoms with Gasteiger partial charge in [-0.25, -0.2) is 0 Å². The smallest absolute Gasteiger partial charge is 0.0249 e. The molecule has 2 aliphatic carbocycles. The van der Waals surface area contributed by atoms with Crippen molar-refractivity contribution in [2.45, 2.75) is 84.5 Å². The molecule has 2 fully saturated rings. The molecule has 1 aromatic rings. The van der Waals surface area contributed by atoms with Gasteiger partial charge in [0.05, 0.1) is 0 Å². The van der Waals surface area contributed by atoms with Crippen LogP contribution < -0.4 is 0 Å². The maximum atomic E-state index is 3.27. The minimum atomic E-state index is 0.759. The highest BCUT2D eigenvalue weighted by Crippen LogP contribution is 2.42. The lowest BCUT2D eigenvalue weighted by Crippen LogP contribution is -2.25. The predicted molar refractivity (Wildman–Crippen MR) is 118 cm³/mol. The molecule has 27 heavy (non-hydrogen) atoms. The van der Waals surface area contributed by atoms with Crippen molar-refractivity contribution in [2.75, 3.05) is 0 Å². The zero-order valence-electron chi connectivity index (χ0n) is 17.6. The Hall–Kier alpha value is -1.48. The van der Waals surface area contributed by atoms with Crippen LogP contribution in [0.1, 0.15) is 89.2 Å². The van der Waals surface area contributed by atoms with Gasteiger partial charge in [-0.3, -0.25) is 0 Å². The van der Waals surface area contributed by atoms with Gasteiger partial charge in [0.15, 0.2) is 0 Å². The third kappa shape index (κ3) is 6.27. The summed E-state index contributed by atoms with van der Waals surface area (Å²) in [5.74, 6) is 10.4. The van der Waals surface area contributed by atoms with Gasteiger partial charge in [-0.15, -0.1) is 0 Å². The Morgan fingerprint density at radius 1 is 0.852 bits per heavy atom. The maximum absolute atomic E-state index is 3.27. The first-order valence-electron chi connectivity index (χ1n) is 11.6. The molecule has 0 aromatic heterocycles. The second kappa shape index (κ2) is 10.8. The SMILES string of the molecule is CCC[C@H]1CC[C@H]([C@H]2CC[C@H](C=CC#Cc3ccc(CC)cc3)CC2)CC1. The molecule has 1 aromatic carbocycles. The molecule has 0 bridgehead atoms. The third-order valence-electron chi connectivity index (χ3n) is 7.10. The van der Waals surface area contributed by atoms with Crippen molar-refractivity contribution in [3.8, 4) is 11.8 Å². The fourth-order valence-electron chi connectivity index (χ4n) is 5.30. The average molecular weight is 363 g/mol. The molecule has 146 valence electrons. The topological polar surface area (TPSA) is 0 Å². The van der Waals surface area contributed by atoms with E-state index in [4.69, 9.17) is 0 Å². The number of rotatable bonds is 5. The van der Waals surface area contributed by atoms with Crippen LogP contribution in [0.15, 0.2) is 36.4 Å². The van der Waals surface area contributed by atoms with E-state index in [1.807, 2.05) is 0 Å². The molecule has 0 saturated heterocycles. The summed E-state index contributed by atoms with van der Waals surface area (Å²) < 4.78 is 0. The van der Waals surface area contributed by atoms with E-state index in [0.29, 0.717) is 0 Å². The van der Waals surface area contributed by atoms with E-state index in [-0.39, 0.29) is 0 Å². The largest absolute Gasteiger partial charge is 0.0730 e. The lowest BCUT2D eigenvalue weighted by atomic mass is 9.69. The highest BCUT2D eigenvalue weighted by atomic mass is 14.3. The molecule has 2 saturated carbocycles. The Bertz CT molecular complexity index is 623. The Morgan fingerprint density at radius 3 is 2.07 bits per heavy atom. The van der Waals surface area contributed by atoms with Gasteiger partial charge in [-0.05, 0) is 92.4 Å². The minimum absolute atomic E-state index is 0.759. The van der Waals surface area contributed by atoms with Gasteiger partial charge >= 0.3 is 0 Å². The first-order chi connectivity index (χ1) is 13.3. The van der Waals surface area contributed by atoms with E-state index in [9.17, 15) is 0 Å². The number of allylic oxidation sites excluding steroid dienone is 2. The fraction of sp³-hybridized carbons (Fsp3) is 0.630. The first-order valence-corrected chi connectivity index (χ1v) is 11.6. The molecule has 0 unspecified atom stereocenters. The molecule has 0 aliphatic heterocycles. The van der Waals surface area contributed by atoms with Crippen LogP contribution in [0.25, 0.3) is 0 Å². The molecule has 0 atom stereocenters. The Labute approximate surface area is 167 Å². The van der Waals surface area contributed by atoms with Crippen LogP contribution in [0.5, 0.6) is 0 Å². The molecule has 0 radical (unpaired) electrons. The van der Waals surface area contributed by atoms with Crippen LogP contribution in [0.4, 0.5) is 0 Å². The number of aryl methyl sites for hydroxylation is 1. The lowest BCUT2D eigenvalue weighted by molar-refractivity contribution is 0.152. The minimum Gasteiger partial charge on any atom is -0.0730 e. The van der Waals surface area contributed by atoms with E-state index in [2.05, 4.69) is 62.1 Å². The normalized spacial score (nSPS) is 28.7. The van der Waals surface area contributed by atoms with Crippen molar-refractivity contribution in [2.24, 2.45) is 23.7 Å². The second-order valence-corrected chi connectivity index (χ2v) is 8.92. The summed E-state index contributed by atoms with van der Waals surface area (Å²) >= 11 is 0. The molecular weight excluding hydrogens is 324 g/mol. The van der Waals surface area contributed by atoms with Crippen LogP contribution in [0, 0.1) is 35.5 Å². The van der Waals surface area contributed by atoms with Gasteiger partial charge in [0.2, 0.25) is 0 Å². The molecule has 0 heteroatoms. The summed E-state index contributed by atoms with van der Waals surface area (Å²) in [6.07, 6.45) is 20.1. The van der Waals surface area contributed by atoms with Crippen molar-refractivity contribution < 1.29 is 0 Å². The average Bonchev–Trinajstić information content (AvgIpc) is 2.73. The number of hydrogen-bond acceptors (Lipinski definition) is 0. The summed E-state index contributed by atoms with van der Waals surface area (Å²) in [4.78, 5) is 0. The van der Waals surface area contributed by atoms with Crippen LogP contribution >= 0.6 is 0 Å². The van der Waals surface area contributed by atoms with Crippen molar-refractivity contribution in [1.82, 2.24) is 0 Å². The summed E-state index contributed by atoms with van der Waals surface area (Å²) in [5, 5.41) is 0.